The van der Waals surface area contributed by atoms with Gasteiger partial charge in [0.25, 0.3) is 0 Å². The molecule has 0 N–H and O–H groups in total. The first-order chi connectivity index (χ1) is 6.68. The molecule has 72 valence electrons. The summed E-state index contributed by atoms with van der Waals surface area (Å²) in [6, 6.07) is 10.9. The van der Waals surface area contributed by atoms with Crippen molar-refractivity contribution in [2.75, 3.05) is 0 Å². The van der Waals surface area contributed by atoms with Crippen molar-refractivity contribution in [2.45, 2.75) is 4.90 Å². The third-order valence-corrected chi connectivity index (χ3v) is 3.25. The first kappa shape index (κ1) is 9.83. The normalized spacial score (nSPS) is 13.0. The molecule has 0 spiro atoms. The molecule has 0 fully saturated rings. The Kier molecular flexibility index (Phi) is 2.67. The molecule has 4 heteroatoms. The zero-order chi connectivity index (χ0) is 10.1. The Labute approximate surface area is 92.4 Å². The Bertz CT molecular complexity index is 510. The summed E-state index contributed by atoms with van der Waals surface area (Å²) in [7, 11) is 0. The predicted octanol–water partition coefficient (Wildman–Crippen LogP) is 2.84. The molecule has 0 heterocycles. The van der Waals surface area contributed by atoms with Crippen molar-refractivity contribution in [1.82, 2.24) is 0 Å². The molecule has 0 aromatic heterocycles. The fourth-order valence-corrected chi connectivity index (χ4v) is 2.53. The minimum Gasteiger partial charge on any atom is -0.768 e. The number of hydrogen-bond donors (Lipinski definition) is 0. The van der Waals surface area contributed by atoms with E-state index in [0.717, 1.165) is 15.2 Å². The molecule has 0 amide bonds. The van der Waals surface area contributed by atoms with Crippen molar-refractivity contribution in [1.29, 1.82) is 0 Å². The summed E-state index contributed by atoms with van der Waals surface area (Å²) in [6.45, 7) is 0. The van der Waals surface area contributed by atoms with E-state index in [1.807, 2.05) is 24.3 Å². The molecule has 0 aliphatic rings. The molecule has 0 radical (unpaired) electrons. The lowest BCUT2D eigenvalue weighted by Crippen LogP contribution is -1.89. The van der Waals surface area contributed by atoms with Crippen molar-refractivity contribution in [3.8, 4) is 0 Å². The van der Waals surface area contributed by atoms with Gasteiger partial charge in [0, 0.05) is 9.37 Å². The maximum Gasteiger partial charge on any atom is 0.0266 e. The topological polar surface area (TPSA) is 40.1 Å². The van der Waals surface area contributed by atoms with Crippen molar-refractivity contribution in [2.24, 2.45) is 0 Å². The second-order valence-corrected chi connectivity index (χ2v) is 4.66. The molecule has 1 atom stereocenters. The number of benzene rings is 2. The fraction of sp³-hybridized carbons (Fsp3) is 0. The lowest BCUT2D eigenvalue weighted by molar-refractivity contribution is 0.537. The minimum atomic E-state index is -2.18. The third-order valence-electron chi connectivity index (χ3n) is 1.98. The van der Waals surface area contributed by atoms with Crippen LogP contribution < -0.4 is 0 Å². The van der Waals surface area contributed by atoms with Crippen molar-refractivity contribution in [3.05, 3.63) is 40.9 Å². The van der Waals surface area contributed by atoms with Crippen LogP contribution in [0.15, 0.2) is 45.8 Å². The molecule has 0 aliphatic heterocycles. The molecule has 2 aromatic carbocycles. The maximum absolute atomic E-state index is 10.8. The number of halogens is 1. The van der Waals surface area contributed by atoms with Crippen molar-refractivity contribution >= 4 is 37.8 Å². The highest BCUT2D eigenvalue weighted by Gasteiger charge is 2.01. The van der Waals surface area contributed by atoms with Gasteiger partial charge < -0.3 is 4.55 Å². The number of rotatable bonds is 1. The first-order valence-corrected chi connectivity index (χ1v) is 5.83. The second kappa shape index (κ2) is 3.81. The van der Waals surface area contributed by atoms with E-state index in [1.54, 1.807) is 12.1 Å². The van der Waals surface area contributed by atoms with E-state index >= 15 is 0 Å². The van der Waals surface area contributed by atoms with E-state index in [-0.39, 0.29) is 0 Å². The van der Waals surface area contributed by atoms with Crippen LogP contribution in [-0.4, -0.2) is 8.76 Å². The summed E-state index contributed by atoms with van der Waals surface area (Å²) in [4.78, 5) is 0.301. The van der Waals surface area contributed by atoms with E-state index in [2.05, 4.69) is 15.9 Å². The monoisotopic (exact) mass is 269 g/mol. The van der Waals surface area contributed by atoms with E-state index in [9.17, 15) is 8.76 Å². The highest BCUT2D eigenvalue weighted by atomic mass is 79.9. The lowest BCUT2D eigenvalue weighted by atomic mass is 10.1. The summed E-state index contributed by atoms with van der Waals surface area (Å²) >= 11 is 1.17. The first-order valence-electron chi connectivity index (χ1n) is 3.96. The van der Waals surface area contributed by atoms with Gasteiger partial charge in [-0.2, -0.15) is 0 Å². The van der Waals surface area contributed by atoms with Crippen LogP contribution in [0.1, 0.15) is 0 Å². The Balaban J connectivity index is 2.78. The molecule has 2 nitrogen and oxygen atoms in total. The van der Waals surface area contributed by atoms with Gasteiger partial charge >= 0.3 is 0 Å². The van der Waals surface area contributed by atoms with Gasteiger partial charge in [-0.05, 0) is 34.0 Å². The Morgan fingerprint density at radius 2 is 1.93 bits per heavy atom. The van der Waals surface area contributed by atoms with Crippen LogP contribution >= 0.6 is 15.9 Å². The van der Waals surface area contributed by atoms with Crippen molar-refractivity contribution < 1.29 is 8.76 Å². The van der Waals surface area contributed by atoms with Crippen LogP contribution in [0.5, 0.6) is 0 Å². The second-order valence-electron chi connectivity index (χ2n) is 2.86. The Hall–Kier alpha value is -0.710. The van der Waals surface area contributed by atoms with Gasteiger partial charge in [0.2, 0.25) is 0 Å². The van der Waals surface area contributed by atoms with Crippen molar-refractivity contribution in [3.63, 3.8) is 0 Å². The van der Waals surface area contributed by atoms with E-state index in [1.165, 1.54) is 0 Å². The summed E-state index contributed by atoms with van der Waals surface area (Å²) < 4.78 is 22.4. The molecule has 0 saturated carbocycles. The molecule has 2 aromatic rings. The molecule has 2 rings (SSSR count). The van der Waals surface area contributed by atoms with Crippen LogP contribution in [0.3, 0.4) is 0 Å². The molecule has 0 aliphatic carbocycles. The highest BCUT2D eigenvalue weighted by Crippen LogP contribution is 2.26. The Morgan fingerprint density at radius 3 is 2.64 bits per heavy atom. The smallest absolute Gasteiger partial charge is 0.0266 e. The van der Waals surface area contributed by atoms with Gasteiger partial charge in [0.05, 0.1) is 0 Å². The Morgan fingerprint density at radius 1 is 1.21 bits per heavy atom. The standard InChI is InChI=1S/C10H7BrO2S/c11-10-6-8(14(12)13)5-7-3-1-2-4-9(7)10/h1-6H,(H,12,13)/p-1. The van der Waals surface area contributed by atoms with Gasteiger partial charge in [0.15, 0.2) is 0 Å². The quantitative estimate of drug-likeness (QED) is 0.747. The fourth-order valence-electron chi connectivity index (χ4n) is 1.33. The summed E-state index contributed by atoms with van der Waals surface area (Å²) in [5.74, 6) is 0. The van der Waals surface area contributed by atoms with Gasteiger partial charge in [-0.15, -0.1) is 0 Å². The van der Waals surface area contributed by atoms with Crippen LogP contribution in [0.4, 0.5) is 0 Å². The van der Waals surface area contributed by atoms with E-state index in [0.29, 0.717) is 4.90 Å². The third kappa shape index (κ3) is 1.73. The van der Waals surface area contributed by atoms with Crippen LogP contribution in [0.2, 0.25) is 0 Å². The summed E-state index contributed by atoms with van der Waals surface area (Å²) in [5.41, 5.74) is 0. The summed E-state index contributed by atoms with van der Waals surface area (Å²) in [6.07, 6.45) is 0. The minimum absolute atomic E-state index is 0.301. The van der Waals surface area contributed by atoms with E-state index < -0.39 is 11.1 Å². The molecular weight excluding hydrogens is 264 g/mol. The predicted molar refractivity (Wildman–Crippen MR) is 58.8 cm³/mol. The SMILES string of the molecule is O=S([O-])c1cc(Br)c2ccccc2c1. The number of hydrogen-bond acceptors (Lipinski definition) is 2. The molecule has 0 bridgehead atoms. The maximum atomic E-state index is 10.8. The highest BCUT2D eigenvalue weighted by molar-refractivity contribution is 9.10. The van der Waals surface area contributed by atoms with Crippen LogP contribution in [-0.2, 0) is 11.1 Å². The van der Waals surface area contributed by atoms with Crippen LogP contribution in [0, 0.1) is 0 Å². The summed E-state index contributed by atoms with van der Waals surface area (Å²) in [5, 5.41) is 1.93. The van der Waals surface area contributed by atoms with E-state index in [4.69, 9.17) is 0 Å². The van der Waals surface area contributed by atoms with Crippen LogP contribution in [0.25, 0.3) is 10.8 Å². The molecule has 1 unspecified atom stereocenters. The zero-order valence-electron chi connectivity index (χ0n) is 7.07. The average Bonchev–Trinajstić information content (AvgIpc) is 2.17. The van der Waals surface area contributed by atoms with Gasteiger partial charge in [-0.25, -0.2) is 0 Å². The van der Waals surface area contributed by atoms with Gasteiger partial charge in [-0.1, -0.05) is 40.2 Å². The van der Waals surface area contributed by atoms with Gasteiger partial charge in [0.1, 0.15) is 0 Å². The molecule has 0 saturated heterocycles. The lowest BCUT2D eigenvalue weighted by Gasteiger charge is -2.08. The molecular formula is C10H6BrO2S-. The average molecular weight is 270 g/mol. The van der Waals surface area contributed by atoms with Gasteiger partial charge in [-0.3, -0.25) is 4.21 Å². The number of fused-ring (bicyclic) bond motifs is 1. The largest absolute Gasteiger partial charge is 0.768 e. The molecule has 14 heavy (non-hydrogen) atoms. The zero-order valence-corrected chi connectivity index (χ0v) is 9.47.